The van der Waals surface area contributed by atoms with Crippen LogP contribution in [0.15, 0.2) is 34.3 Å². The lowest BCUT2D eigenvalue weighted by Gasteiger charge is -2.05. The molecule has 0 unspecified atom stereocenters. The van der Waals surface area contributed by atoms with Crippen LogP contribution in [-0.4, -0.2) is 24.2 Å². The smallest absolute Gasteiger partial charge is 0.195 e. The van der Waals surface area contributed by atoms with Crippen LogP contribution < -0.4 is 10.6 Å². The number of thiocarbonyl (C=S) groups is 1. The van der Waals surface area contributed by atoms with Gasteiger partial charge in [-0.2, -0.15) is 4.99 Å². The predicted molar refractivity (Wildman–Crippen MR) is 65.1 cm³/mol. The molecule has 0 spiro atoms. The highest BCUT2D eigenvalue weighted by Crippen LogP contribution is 2.15. The van der Waals surface area contributed by atoms with Crippen LogP contribution in [0.1, 0.15) is 0 Å². The van der Waals surface area contributed by atoms with Crippen molar-refractivity contribution in [3.63, 3.8) is 0 Å². The fourth-order valence-corrected chi connectivity index (χ4v) is 1.40. The second-order valence-electron chi connectivity index (χ2n) is 3.03. The molecule has 0 amide bonds. The maximum absolute atomic E-state index is 4.52. The van der Waals surface area contributed by atoms with E-state index in [0.717, 1.165) is 30.4 Å². The highest BCUT2D eigenvalue weighted by atomic mass is 32.1. The van der Waals surface area contributed by atoms with E-state index in [-0.39, 0.29) is 0 Å². The van der Waals surface area contributed by atoms with Crippen LogP contribution in [0.25, 0.3) is 0 Å². The second kappa shape index (κ2) is 4.68. The zero-order valence-corrected chi connectivity index (χ0v) is 8.84. The molecule has 2 N–H and O–H groups in total. The Bertz CT molecular complexity index is 418. The SMILES string of the molecule is S=C=Nc1ccc(NC2=NCCN2)cc1. The molecule has 0 fully saturated rings. The fraction of sp³-hybridized carbons (Fsp3) is 0.200. The third-order valence-electron chi connectivity index (χ3n) is 1.98. The molecule has 0 saturated heterocycles. The molecule has 2 rings (SSSR count). The molecule has 1 aliphatic heterocycles. The summed E-state index contributed by atoms with van der Waals surface area (Å²) in [6, 6.07) is 7.59. The molecule has 0 aromatic heterocycles. The van der Waals surface area contributed by atoms with Gasteiger partial charge in [-0.1, -0.05) is 0 Å². The molecule has 0 saturated carbocycles. The van der Waals surface area contributed by atoms with Gasteiger partial charge in [-0.05, 0) is 36.5 Å². The van der Waals surface area contributed by atoms with Crippen molar-refractivity contribution in [3.8, 4) is 0 Å². The maximum atomic E-state index is 4.52. The minimum atomic E-state index is 0.803. The average Bonchev–Trinajstić information content (AvgIpc) is 2.74. The molecule has 1 heterocycles. The number of nitrogens with zero attached hydrogens (tertiary/aromatic N) is 2. The summed E-state index contributed by atoms with van der Waals surface area (Å²) in [5.74, 6) is 0.820. The molecular formula is C10H10N4S. The number of benzene rings is 1. The van der Waals surface area contributed by atoms with Crippen LogP contribution in [0.5, 0.6) is 0 Å². The summed E-state index contributed by atoms with van der Waals surface area (Å²) in [5, 5.41) is 8.62. The van der Waals surface area contributed by atoms with Crippen LogP contribution >= 0.6 is 12.2 Å². The molecule has 1 aromatic carbocycles. The van der Waals surface area contributed by atoms with Crippen LogP contribution in [0, 0.1) is 0 Å². The number of isothiocyanates is 1. The van der Waals surface area contributed by atoms with Gasteiger partial charge in [0, 0.05) is 12.2 Å². The molecule has 0 bridgehead atoms. The first-order chi connectivity index (χ1) is 7.38. The fourth-order valence-electron chi connectivity index (χ4n) is 1.29. The van der Waals surface area contributed by atoms with E-state index in [4.69, 9.17) is 0 Å². The van der Waals surface area contributed by atoms with Crippen LogP contribution in [0.4, 0.5) is 11.4 Å². The van der Waals surface area contributed by atoms with Gasteiger partial charge < -0.3 is 10.6 Å². The zero-order chi connectivity index (χ0) is 10.5. The Balaban J connectivity index is 2.06. The minimum absolute atomic E-state index is 0.803. The van der Waals surface area contributed by atoms with Gasteiger partial charge in [0.2, 0.25) is 0 Å². The Kier molecular flexibility index (Phi) is 3.07. The van der Waals surface area contributed by atoms with Crippen molar-refractivity contribution in [2.45, 2.75) is 0 Å². The van der Waals surface area contributed by atoms with Gasteiger partial charge in [0.15, 0.2) is 5.96 Å². The molecule has 0 aliphatic carbocycles. The molecule has 4 nitrogen and oxygen atoms in total. The predicted octanol–water partition coefficient (Wildman–Crippen LogP) is 1.79. The molecule has 15 heavy (non-hydrogen) atoms. The first kappa shape index (κ1) is 9.83. The van der Waals surface area contributed by atoms with E-state index in [2.05, 4.69) is 38.0 Å². The molecule has 0 atom stereocenters. The van der Waals surface area contributed by atoms with E-state index >= 15 is 0 Å². The standard InChI is InChI=1S/C10H10N4S/c15-7-13-8-1-3-9(4-2-8)14-10-11-5-6-12-10/h1-4H,5-6H2,(H2,11,12,14). The lowest BCUT2D eigenvalue weighted by atomic mass is 10.3. The van der Waals surface area contributed by atoms with E-state index in [0.29, 0.717) is 0 Å². The number of hydrogen-bond donors (Lipinski definition) is 2. The summed E-state index contributed by atoms with van der Waals surface area (Å²) in [5.41, 5.74) is 1.78. The van der Waals surface area contributed by atoms with Gasteiger partial charge in [0.05, 0.1) is 17.4 Å². The second-order valence-corrected chi connectivity index (χ2v) is 3.21. The Morgan fingerprint density at radius 2 is 2.20 bits per heavy atom. The Morgan fingerprint density at radius 3 is 2.80 bits per heavy atom. The number of anilines is 1. The van der Waals surface area contributed by atoms with Crippen LogP contribution in [0.2, 0.25) is 0 Å². The monoisotopic (exact) mass is 218 g/mol. The number of rotatable bonds is 2. The van der Waals surface area contributed by atoms with Crippen LogP contribution in [-0.2, 0) is 0 Å². The molecule has 0 radical (unpaired) electrons. The van der Waals surface area contributed by atoms with Gasteiger partial charge >= 0.3 is 0 Å². The highest BCUT2D eigenvalue weighted by molar-refractivity contribution is 7.78. The van der Waals surface area contributed by atoms with Crippen molar-refractivity contribution in [1.29, 1.82) is 0 Å². The van der Waals surface area contributed by atoms with E-state index in [1.807, 2.05) is 24.3 Å². The largest absolute Gasteiger partial charge is 0.354 e. The average molecular weight is 218 g/mol. The van der Waals surface area contributed by atoms with Crippen molar-refractivity contribution in [2.24, 2.45) is 9.98 Å². The quantitative estimate of drug-likeness (QED) is 0.587. The minimum Gasteiger partial charge on any atom is -0.354 e. The first-order valence-corrected chi connectivity index (χ1v) is 5.02. The third kappa shape index (κ3) is 2.62. The van der Waals surface area contributed by atoms with E-state index in [1.165, 1.54) is 0 Å². The van der Waals surface area contributed by atoms with Gasteiger partial charge in [-0.15, -0.1) is 0 Å². The Morgan fingerprint density at radius 1 is 1.40 bits per heavy atom. The van der Waals surface area contributed by atoms with Crippen molar-refractivity contribution in [1.82, 2.24) is 5.32 Å². The summed E-state index contributed by atoms with van der Waals surface area (Å²) >= 11 is 4.52. The van der Waals surface area contributed by atoms with E-state index in [1.54, 1.807) is 0 Å². The van der Waals surface area contributed by atoms with Crippen molar-refractivity contribution in [3.05, 3.63) is 24.3 Å². The Hall–Kier alpha value is -1.71. The summed E-state index contributed by atoms with van der Waals surface area (Å²) < 4.78 is 0. The van der Waals surface area contributed by atoms with E-state index < -0.39 is 0 Å². The number of guanidine groups is 1. The maximum Gasteiger partial charge on any atom is 0.195 e. The lowest BCUT2D eigenvalue weighted by Crippen LogP contribution is -2.26. The summed E-state index contributed by atoms with van der Waals surface area (Å²) in [7, 11) is 0. The Labute approximate surface area is 93.1 Å². The molecule has 1 aromatic rings. The molecule has 5 heteroatoms. The van der Waals surface area contributed by atoms with Crippen molar-refractivity contribution in [2.75, 3.05) is 18.4 Å². The number of nitrogens with one attached hydrogen (secondary N) is 2. The summed E-state index contributed by atoms with van der Waals surface area (Å²) in [4.78, 5) is 8.10. The molecule has 76 valence electrons. The van der Waals surface area contributed by atoms with Gasteiger partial charge in [-0.25, -0.2) is 0 Å². The number of aliphatic imine (C=N–C) groups is 2. The van der Waals surface area contributed by atoms with Crippen molar-refractivity contribution >= 4 is 34.7 Å². The van der Waals surface area contributed by atoms with E-state index in [9.17, 15) is 0 Å². The highest BCUT2D eigenvalue weighted by Gasteiger charge is 2.03. The normalized spacial score (nSPS) is 13.7. The zero-order valence-electron chi connectivity index (χ0n) is 8.03. The first-order valence-electron chi connectivity index (χ1n) is 4.62. The van der Waals surface area contributed by atoms with Gasteiger partial charge in [0.25, 0.3) is 0 Å². The number of hydrogen-bond acceptors (Lipinski definition) is 5. The topological polar surface area (TPSA) is 48.8 Å². The van der Waals surface area contributed by atoms with Crippen LogP contribution in [0.3, 0.4) is 0 Å². The summed E-state index contributed by atoms with van der Waals surface area (Å²) in [6.45, 7) is 1.73. The van der Waals surface area contributed by atoms with Gasteiger partial charge in [0.1, 0.15) is 0 Å². The molecular weight excluding hydrogens is 208 g/mol. The summed E-state index contributed by atoms with van der Waals surface area (Å²) in [6.07, 6.45) is 0. The lowest BCUT2D eigenvalue weighted by molar-refractivity contribution is 0.959. The van der Waals surface area contributed by atoms with Crippen molar-refractivity contribution < 1.29 is 0 Å². The molecule has 1 aliphatic rings. The van der Waals surface area contributed by atoms with Gasteiger partial charge in [-0.3, -0.25) is 4.99 Å². The third-order valence-corrected chi connectivity index (χ3v) is 2.07.